The molecule has 0 spiro atoms. The molecular weight excluding hydrogens is 262 g/mol. The molecule has 2 heterocycles. The molecule has 3 unspecified atom stereocenters. The molecule has 1 aromatic rings. The Morgan fingerprint density at radius 1 is 1.50 bits per heavy atom. The van der Waals surface area contributed by atoms with E-state index in [-0.39, 0.29) is 0 Å². The molecule has 2 rings (SSSR count). The molecule has 3 nitrogen and oxygen atoms in total. The Hall–Kier alpha value is -0.130. The first-order valence-electron chi connectivity index (χ1n) is 6.63. The summed E-state index contributed by atoms with van der Waals surface area (Å²) in [5.41, 5.74) is 1.20. The highest BCUT2D eigenvalue weighted by Gasteiger charge is 2.31. The molecule has 1 aromatic heterocycles. The van der Waals surface area contributed by atoms with E-state index >= 15 is 0 Å². The maximum absolute atomic E-state index is 4.50. The Bertz CT molecular complexity index is 367. The lowest BCUT2D eigenvalue weighted by molar-refractivity contribution is 0.509. The Labute approximate surface area is 118 Å². The van der Waals surface area contributed by atoms with Gasteiger partial charge in [0.25, 0.3) is 0 Å². The molecule has 5 heteroatoms. The van der Waals surface area contributed by atoms with Crippen LogP contribution in [-0.4, -0.2) is 44.9 Å². The van der Waals surface area contributed by atoms with Crippen molar-refractivity contribution in [2.45, 2.75) is 36.3 Å². The normalized spacial score (nSPS) is 26.2. The van der Waals surface area contributed by atoms with Crippen LogP contribution in [0.2, 0.25) is 0 Å². The molecule has 1 fully saturated rings. The smallest absolute Gasteiger partial charge is 0.0640 e. The van der Waals surface area contributed by atoms with Gasteiger partial charge in [-0.3, -0.25) is 4.68 Å². The van der Waals surface area contributed by atoms with Crippen molar-refractivity contribution >= 4 is 23.5 Å². The van der Waals surface area contributed by atoms with Crippen molar-refractivity contribution in [3.8, 4) is 0 Å². The predicted molar refractivity (Wildman–Crippen MR) is 82.5 cm³/mol. The fourth-order valence-electron chi connectivity index (χ4n) is 2.49. The number of nitrogens with one attached hydrogen (secondary N) is 1. The molecule has 1 aliphatic heterocycles. The number of hydrogen-bond acceptors (Lipinski definition) is 4. The van der Waals surface area contributed by atoms with Gasteiger partial charge in [0.05, 0.1) is 5.69 Å². The van der Waals surface area contributed by atoms with Crippen LogP contribution in [0, 0.1) is 0 Å². The van der Waals surface area contributed by atoms with Crippen LogP contribution in [0.4, 0.5) is 0 Å². The van der Waals surface area contributed by atoms with Crippen molar-refractivity contribution in [3.05, 3.63) is 18.0 Å². The second-order valence-corrected chi connectivity index (χ2v) is 7.37. The summed E-state index contributed by atoms with van der Waals surface area (Å²) < 4.78 is 1.89. The zero-order chi connectivity index (χ0) is 13.0. The monoisotopic (exact) mass is 285 g/mol. The molecule has 0 aromatic carbocycles. The summed E-state index contributed by atoms with van der Waals surface area (Å²) in [6.45, 7) is 2.31. The van der Waals surface area contributed by atoms with Gasteiger partial charge in [0.1, 0.15) is 0 Å². The van der Waals surface area contributed by atoms with E-state index in [1.807, 2.05) is 17.9 Å². The summed E-state index contributed by atoms with van der Waals surface area (Å²) in [5.74, 6) is 2.59. The van der Waals surface area contributed by atoms with Crippen molar-refractivity contribution < 1.29 is 0 Å². The van der Waals surface area contributed by atoms with Crippen LogP contribution in [0.25, 0.3) is 0 Å². The molecule has 0 saturated carbocycles. The van der Waals surface area contributed by atoms with Crippen LogP contribution < -0.4 is 5.32 Å². The van der Waals surface area contributed by atoms with Crippen LogP contribution in [0.15, 0.2) is 12.3 Å². The van der Waals surface area contributed by atoms with E-state index in [1.54, 1.807) is 0 Å². The summed E-state index contributed by atoms with van der Waals surface area (Å²) >= 11 is 4.28. The third kappa shape index (κ3) is 3.45. The number of rotatable bonds is 5. The minimum Gasteiger partial charge on any atom is -0.315 e. The number of aromatic nitrogens is 2. The van der Waals surface area contributed by atoms with Gasteiger partial charge in [-0.2, -0.15) is 28.6 Å². The van der Waals surface area contributed by atoms with Crippen LogP contribution in [-0.2, 0) is 13.5 Å². The van der Waals surface area contributed by atoms with E-state index in [4.69, 9.17) is 0 Å². The first kappa shape index (κ1) is 14.3. The Morgan fingerprint density at radius 3 is 2.89 bits per heavy atom. The number of likely N-dealkylation sites (N-methyl/N-ethyl adjacent to an activating group) is 1. The van der Waals surface area contributed by atoms with Crippen molar-refractivity contribution in [2.75, 3.05) is 18.6 Å². The molecule has 0 aliphatic carbocycles. The summed E-state index contributed by atoms with van der Waals surface area (Å²) in [4.78, 5) is 0. The summed E-state index contributed by atoms with van der Waals surface area (Å²) in [5, 5.41) is 9.51. The van der Waals surface area contributed by atoms with E-state index in [0.717, 1.165) is 11.7 Å². The maximum Gasteiger partial charge on any atom is 0.0640 e. The van der Waals surface area contributed by atoms with Crippen molar-refractivity contribution in [1.82, 2.24) is 15.1 Å². The van der Waals surface area contributed by atoms with Gasteiger partial charge in [-0.25, -0.2) is 0 Å². The Morgan fingerprint density at radius 2 is 2.28 bits per heavy atom. The van der Waals surface area contributed by atoms with Gasteiger partial charge in [0, 0.05) is 47.7 Å². The van der Waals surface area contributed by atoms with Crippen LogP contribution in [0.1, 0.15) is 19.0 Å². The lowest BCUT2D eigenvalue weighted by Gasteiger charge is -2.35. The van der Waals surface area contributed by atoms with Gasteiger partial charge in [-0.05, 0) is 19.5 Å². The highest BCUT2D eigenvalue weighted by atomic mass is 32.2. The zero-order valence-electron chi connectivity index (χ0n) is 11.4. The number of nitrogens with zero attached hydrogens (tertiary/aromatic N) is 2. The fourth-order valence-corrected chi connectivity index (χ4v) is 5.79. The Balaban J connectivity index is 2.02. The summed E-state index contributed by atoms with van der Waals surface area (Å²) in [7, 11) is 4.07. The topological polar surface area (TPSA) is 29.9 Å². The molecule has 0 bridgehead atoms. The number of thioether (sulfide) groups is 2. The summed E-state index contributed by atoms with van der Waals surface area (Å²) in [6.07, 6.45) is 4.33. The largest absolute Gasteiger partial charge is 0.315 e. The SMILES string of the molecule is CCC1SCCSC1C(Cc1ccn(C)n1)NC. The van der Waals surface area contributed by atoms with Crippen LogP contribution in [0.5, 0.6) is 0 Å². The third-order valence-electron chi connectivity index (χ3n) is 3.46. The maximum atomic E-state index is 4.50. The van der Waals surface area contributed by atoms with Crippen molar-refractivity contribution in [3.63, 3.8) is 0 Å². The highest BCUT2D eigenvalue weighted by Crippen LogP contribution is 2.35. The lowest BCUT2D eigenvalue weighted by Crippen LogP contribution is -2.45. The number of hydrogen-bond donors (Lipinski definition) is 1. The molecule has 3 atom stereocenters. The number of aryl methyl sites for hydroxylation is 1. The zero-order valence-corrected chi connectivity index (χ0v) is 13.1. The van der Waals surface area contributed by atoms with Crippen molar-refractivity contribution in [2.24, 2.45) is 7.05 Å². The van der Waals surface area contributed by atoms with Gasteiger partial charge in [-0.1, -0.05) is 6.92 Å². The molecule has 18 heavy (non-hydrogen) atoms. The van der Waals surface area contributed by atoms with E-state index in [0.29, 0.717) is 11.3 Å². The van der Waals surface area contributed by atoms with Crippen LogP contribution in [0.3, 0.4) is 0 Å². The molecular formula is C13H23N3S2. The molecule has 0 radical (unpaired) electrons. The minimum atomic E-state index is 0.530. The molecule has 1 saturated heterocycles. The molecule has 1 N–H and O–H groups in total. The van der Waals surface area contributed by atoms with E-state index < -0.39 is 0 Å². The quantitative estimate of drug-likeness (QED) is 0.898. The van der Waals surface area contributed by atoms with Gasteiger partial charge in [0.2, 0.25) is 0 Å². The van der Waals surface area contributed by atoms with Gasteiger partial charge in [0.15, 0.2) is 0 Å². The first-order chi connectivity index (χ1) is 8.74. The summed E-state index contributed by atoms with van der Waals surface area (Å²) in [6, 6.07) is 2.66. The standard InChI is InChI=1S/C13H23N3S2/c1-4-12-13(18-8-7-17-12)11(14-2)9-10-5-6-16(3)15-10/h5-6,11-14H,4,7-9H2,1-3H3. The van der Waals surface area contributed by atoms with E-state index in [9.17, 15) is 0 Å². The van der Waals surface area contributed by atoms with Gasteiger partial charge in [-0.15, -0.1) is 0 Å². The first-order valence-corrected chi connectivity index (χ1v) is 8.73. The van der Waals surface area contributed by atoms with Gasteiger partial charge < -0.3 is 5.32 Å². The third-order valence-corrected chi connectivity index (χ3v) is 6.87. The molecule has 102 valence electrons. The van der Waals surface area contributed by atoms with E-state index in [2.05, 4.69) is 54.0 Å². The van der Waals surface area contributed by atoms with E-state index in [1.165, 1.54) is 23.6 Å². The molecule has 1 aliphatic rings. The van der Waals surface area contributed by atoms with Crippen LogP contribution >= 0.6 is 23.5 Å². The second-order valence-electron chi connectivity index (χ2n) is 4.73. The van der Waals surface area contributed by atoms with Gasteiger partial charge >= 0.3 is 0 Å². The highest BCUT2D eigenvalue weighted by molar-refractivity contribution is 8.07. The second kappa shape index (κ2) is 6.87. The van der Waals surface area contributed by atoms with Crippen molar-refractivity contribution in [1.29, 1.82) is 0 Å². The Kier molecular flexibility index (Phi) is 5.45. The fraction of sp³-hybridized carbons (Fsp3) is 0.769. The molecule has 0 amide bonds. The average molecular weight is 285 g/mol. The average Bonchev–Trinajstić information content (AvgIpc) is 2.81. The minimum absolute atomic E-state index is 0.530. The lowest BCUT2D eigenvalue weighted by atomic mass is 10.0. The predicted octanol–water partition coefficient (Wildman–Crippen LogP) is 2.18.